The van der Waals surface area contributed by atoms with E-state index in [-0.39, 0.29) is 5.41 Å². The van der Waals surface area contributed by atoms with Gasteiger partial charge in [0, 0.05) is 5.41 Å². The summed E-state index contributed by atoms with van der Waals surface area (Å²) in [7, 11) is -4.89. The van der Waals surface area contributed by atoms with Gasteiger partial charge in [0.25, 0.3) is 0 Å². The average Bonchev–Trinajstić information content (AvgIpc) is 2.84. The van der Waals surface area contributed by atoms with Crippen molar-refractivity contribution in [1.29, 1.82) is 0 Å². The van der Waals surface area contributed by atoms with Gasteiger partial charge in [-0.2, -0.15) is 0 Å². The Labute approximate surface area is 219 Å². The molecule has 0 saturated heterocycles. The lowest BCUT2D eigenvalue weighted by molar-refractivity contribution is 0.373. The minimum absolute atomic E-state index is 0.262. The van der Waals surface area contributed by atoms with Crippen LogP contribution in [0.2, 0.25) is 0 Å². The van der Waals surface area contributed by atoms with Crippen molar-refractivity contribution in [3.63, 3.8) is 0 Å². The zero-order valence-electron chi connectivity index (χ0n) is 21.8. The lowest BCUT2D eigenvalue weighted by Gasteiger charge is -2.31. The SMILES string of the molecule is CCCCCCCCCCCCCCC(C)(c1ccc(OP(O)O)cc1)c1ccc(OP(O)O)cc1. The fourth-order valence-corrected chi connectivity index (χ4v) is 5.35. The minimum Gasteiger partial charge on any atom is -0.427 e. The standard InChI is InChI=1S/C28H44O6P2/c1-3-4-5-6-7-8-9-10-11-12-13-14-23-28(2,24-15-19-26(20-16-24)33-35(29)30)25-17-21-27(22-18-25)34-36(31)32/h15-22,29-32H,3-14,23H2,1-2H3. The second-order valence-corrected chi connectivity index (χ2v) is 11.1. The molecule has 36 heavy (non-hydrogen) atoms. The quantitative estimate of drug-likeness (QED) is 0.106. The molecule has 0 amide bonds. The summed E-state index contributed by atoms with van der Waals surface area (Å²) in [5.41, 5.74) is 1.96. The Kier molecular flexibility index (Phi) is 14.9. The molecule has 0 unspecified atom stereocenters. The molecule has 0 atom stereocenters. The van der Waals surface area contributed by atoms with Gasteiger partial charge in [0.1, 0.15) is 11.5 Å². The molecular weight excluding hydrogens is 494 g/mol. The molecule has 0 fully saturated rings. The third-order valence-corrected chi connectivity index (χ3v) is 7.64. The number of rotatable bonds is 19. The molecule has 0 aromatic heterocycles. The molecule has 6 nitrogen and oxygen atoms in total. The summed E-state index contributed by atoms with van der Waals surface area (Å²) in [6, 6.07) is 14.9. The van der Waals surface area contributed by atoms with Crippen molar-refractivity contribution in [2.45, 2.75) is 103 Å². The topological polar surface area (TPSA) is 99.4 Å². The van der Waals surface area contributed by atoms with Gasteiger partial charge < -0.3 is 28.6 Å². The summed E-state index contributed by atoms with van der Waals surface area (Å²) < 4.78 is 10.1. The van der Waals surface area contributed by atoms with Crippen LogP contribution in [0.15, 0.2) is 48.5 Å². The zero-order valence-corrected chi connectivity index (χ0v) is 23.6. The highest BCUT2D eigenvalue weighted by Gasteiger charge is 2.28. The van der Waals surface area contributed by atoms with Crippen molar-refractivity contribution >= 4 is 17.2 Å². The van der Waals surface area contributed by atoms with E-state index in [1.165, 1.54) is 70.6 Å². The van der Waals surface area contributed by atoms with E-state index in [4.69, 9.17) is 28.6 Å². The normalized spacial score (nSPS) is 11.9. The molecule has 8 heteroatoms. The van der Waals surface area contributed by atoms with E-state index in [2.05, 4.69) is 13.8 Å². The lowest BCUT2D eigenvalue weighted by Crippen LogP contribution is -2.23. The molecule has 4 N–H and O–H groups in total. The fraction of sp³-hybridized carbons (Fsp3) is 0.571. The molecule has 0 saturated carbocycles. The molecular formula is C28H44O6P2. The lowest BCUT2D eigenvalue weighted by atomic mass is 9.72. The van der Waals surface area contributed by atoms with Gasteiger partial charge in [-0.15, -0.1) is 0 Å². The van der Waals surface area contributed by atoms with Crippen LogP contribution < -0.4 is 9.05 Å². The van der Waals surface area contributed by atoms with Crippen LogP contribution in [0.25, 0.3) is 0 Å². The van der Waals surface area contributed by atoms with Crippen LogP contribution in [0, 0.1) is 0 Å². The van der Waals surface area contributed by atoms with Crippen molar-refractivity contribution < 1.29 is 28.6 Å². The second-order valence-electron chi connectivity index (χ2n) is 9.71. The van der Waals surface area contributed by atoms with Gasteiger partial charge in [-0.05, 0) is 41.8 Å². The first kappa shape index (κ1) is 31.0. The summed E-state index contributed by atoms with van der Waals surface area (Å²) in [5.74, 6) is 0.844. The molecule has 0 aliphatic rings. The van der Waals surface area contributed by atoms with E-state index in [0.29, 0.717) is 11.5 Å². The van der Waals surface area contributed by atoms with Crippen molar-refractivity contribution in [3.05, 3.63) is 59.7 Å². The van der Waals surface area contributed by atoms with Crippen LogP contribution in [0.3, 0.4) is 0 Å². The Balaban J connectivity index is 1.92. The summed E-state index contributed by atoms with van der Waals surface area (Å²) >= 11 is 0. The van der Waals surface area contributed by atoms with Crippen molar-refractivity contribution in [2.24, 2.45) is 0 Å². The van der Waals surface area contributed by atoms with Crippen LogP contribution in [0.1, 0.15) is 108 Å². The Bertz CT molecular complexity index is 773. The number of unbranched alkanes of at least 4 members (excludes halogenated alkanes) is 11. The molecule has 2 aromatic rings. The van der Waals surface area contributed by atoms with Crippen LogP contribution in [0.5, 0.6) is 11.5 Å². The van der Waals surface area contributed by atoms with E-state index < -0.39 is 17.2 Å². The largest absolute Gasteiger partial charge is 0.427 e. The monoisotopic (exact) mass is 538 g/mol. The molecule has 0 radical (unpaired) electrons. The highest BCUT2D eigenvalue weighted by molar-refractivity contribution is 7.40. The Hall–Kier alpha value is -1.26. The van der Waals surface area contributed by atoms with Crippen molar-refractivity contribution in [2.75, 3.05) is 0 Å². The van der Waals surface area contributed by atoms with Gasteiger partial charge in [0.15, 0.2) is 0 Å². The summed E-state index contributed by atoms with van der Waals surface area (Å²) in [6.45, 7) is 4.47. The predicted octanol–water partition coefficient (Wildman–Crippen LogP) is 8.26. The number of hydrogen-bond donors (Lipinski definition) is 4. The van der Waals surface area contributed by atoms with Gasteiger partial charge >= 0.3 is 17.2 Å². The van der Waals surface area contributed by atoms with Gasteiger partial charge in [-0.1, -0.05) is 115 Å². The van der Waals surface area contributed by atoms with Crippen LogP contribution in [-0.2, 0) is 5.41 Å². The first-order chi connectivity index (χ1) is 17.3. The van der Waals surface area contributed by atoms with E-state index in [0.717, 1.165) is 24.0 Å². The molecule has 0 aliphatic heterocycles. The Morgan fingerprint density at radius 3 is 1.22 bits per heavy atom. The first-order valence-corrected chi connectivity index (χ1v) is 15.6. The third kappa shape index (κ3) is 11.4. The molecule has 202 valence electrons. The maximum absolute atomic E-state index is 9.13. The number of benzene rings is 2. The Morgan fingerprint density at radius 1 is 0.556 bits per heavy atom. The minimum atomic E-state index is -2.45. The van der Waals surface area contributed by atoms with E-state index in [1.54, 1.807) is 24.3 Å². The van der Waals surface area contributed by atoms with Gasteiger partial charge in [-0.3, -0.25) is 0 Å². The van der Waals surface area contributed by atoms with Crippen molar-refractivity contribution in [3.8, 4) is 11.5 Å². The molecule has 0 aliphatic carbocycles. The van der Waals surface area contributed by atoms with Crippen LogP contribution >= 0.6 is 17.2 Å². The molecule has 2 aromatic carbocycles. The maximum atomic E-state index is 9.13. The molecule has 0 heterocycles. The summed E-state index contributed by atoms with van der Waals surface area (Å²) in [5, 5.41) is 0. The smallest absolute Gasteiger partial charge is 0.391 e. The average molecular weight is 539 g/mol. The summed E-state index contributed by atoms with van der Waals surface area (Å²) in [4.78, 5) is 36.5. The predicted molar refractivity (Wildman–Crippen MR) is 149 cm³/mol. The van der Waals surface area contributed by atoms with Crippen LogP contribution in [0.4, 0.5) is 0 Å². The number of hydrogen-bond acceptors (Lipinski definition) is 6. The van der Waals surface area contributed by atoms with Crippen molar-refractivity contribution in [1.82, 2.24) is 0 Å². The Morgan fingerprint density at radius 2 is 0.889 bits per heavy atom. The van der Waals surface area contributed by atoms with E-state index in [9.17, 15) is 0 Å². The fourth-order valence-electron chi connectivity index (χ4n) is 4.73. The second kappa shape index (κ2) is 17.3. The first-order valence-electron chi connectivity index (χ1n) is 13.3. The maximum Gasteiger partial charge on any atom is 0.391 e. The van der Waals surface area contributed by atoms with Gasteiger partial charge in [-0.25, -0.2) is 0 Å². The van der Waals surface area contributed by atoms with Gasteiger partial charge in [0.05, 0.1) is 0 Å². The molecule has 0 spiro atoms. The molecule has 2 rings (SSSR count). The van der Waals surface area contributed by atoms with Gasteiger partial charge in [0.2, 0.25) is 0 Å². The van der Waals surface area contributed by atoms with Crippen LogP contribution in [-0.4, -0.2) is 19.6 Å². The zero-order chi connectivity index (χ0) is 26.2. The highest BCUT2D eigenvalue weighted by Crippen LogP contribution is 2.40. The van der Waals surface area contributed by atoms with E-state index in [1.807, 2.05) is 24.3 Å². The molecule has 0 bridgehead atoms. The third-order valence-electron chi connectivity index (χ3n) is 6.89. The van der Waals surface area contributed by atoms with E-state index >= 15 is 0 Å². The highest BCUT2D eigenvalue weighted by atomic mass is 31.2. The summed E-state index contributed by atoms with van der Waals surface area (Å²) in [6.07, 6.45) is 16.6.